The summed E-state index contributed by atoms with van der Waals surface area (Å²) in [5.41, 5.74) is 0.500. The van der Waals surface area contributed by atoms with Crippen LogP contribution in [0.4, 0.5) is 8.78 Å². The molecule has 1 aromatic rings. The fraction of sp³-hybridized carbons (Fsp3) is 0.625. The molecule has 0 heterocycles. The van der Waals surface area contributed by atoms with Crippen LogP contribution in [0.3, 0.4) is 0 Å². The number of hydrogen-bond donors (Lipinski definition) is 1. The smallest absolute Gasteiger partial charge is 0.130 e. The number of ether oxygens (including phenoxy) is 1. The lowest BCUT2D eigenvalue weighted by Crippen LogP contribution is -2.21. The van der Waals surface area contributed by atoms with Gasteiger partial charge in [-0.1, -0.05) is 25.3 Å². The van der Waals surface area contributed by atoms with Crippen molar-refractivity contribution >= 4 is 0 Å². The zero-order valence-corrected chi connectivity index (χ0v) is 11.8. The van der Waals surface area contributed by atoms with E-state index in [9.17, 15) is 8.78 Å². The monoisotopic (exact) mass is 283 g/mol. The molecule has 1 aliphatic rings. The maximum atomic E-state index is 13.4. The van der Waals surface area contributed by atoms with E-state index in [2.05, 4.69) is 5.32 Å². The zero-order chi connectivity index (χ0) is 14.2. The molecular formula is C16H23F2NO. The fourth-order valence-electron chi connectivity index (χ4n) is 2.57. The Bertz CT molecular complexity index is 405. The highest BCUT2D eigenvalue weighted by Crippen LogP contribution is 2.20. The molecule has 1 aromatic carbocycles. The van der Waals surface area contributed by atoms with Gasteiger partial charge in [0.2, 0.25) is 0 Å². The Morgan fingerprint density at radius 1 is 1.15 bits per heavy atom. The van der Waals surface area contributed by atoms with Crippen LogP contribution in [0, 0.1) is 11.6 Å². The lowest BCUT2D eigenvalue weighted by Gasteiger charge is -2.21. The lowest BCUT2D eigenvalue weighted by atomic mass is 9.98. The summed E-state index contributed by atoms with van der Waals surface area (Å²) in [6.45, 7) is 1.96. The highest BCUT2D eigenvalue weighted by Gasteiger charge is 2.12. The molecule has 2 nitrogen and oxygen atoms in total. The van der Waals surface area contributed by atoms with Gasteiger partial charge in [0.05, 0.1) is 6.10 Å². The van der Waals surface area contributed by atoms with Crippen molar-refractivity contribution < 1.29 is 13.5 Å². The van der Waals surface area contributed by atoms with E-state index in [1.54, 1.807) is 0 Å². The summed E-state index contributed by atoms with van der Waals surface area (Å²) in [4.78, 5) is 0. The second kappa shape index (κ2) is 8.32. The van der Waals surface area contributed by atoms with Gasteiger partial charge in [-0.25, -0.2) is 8.78 Å². The van der Waals surface area contributed by atoms with Crippen molar-refractivity contribution in [1.82, 2.24) is 5.32 Å². The Labute approximate surface area is 119 Å². The average Bonchev–Trinajstić information content (AvgIpc) is 2.46. The van der Waals surface area contributed by atoms with Crippen LogP contribution in [0.15, 0.2) is 18.2 Å². The first-order chi connectivity index (χ1) is 9.75. The van der Waals surface area contributed by atoms with E-state index >= 15 is 0 Å². The van der Waals surface area contributed by atoms with Crippen LogP contribution >= 0.6 is 0 Å². The van der Waals surface area contributed by atoms with Crippen LogP contribution in [0.2, 0.25) is 0 Å². The molecule has 0 radical (unpaired) electrons. The molecule has 1 fully saturated rings. The van der Waals surface area contributed by atoms with E-state index in [4.69, 9.17) is 4.74 Å². The van der Waals surface area contributed by atoms with E-state index in [1.165, 1.54) is 44.2 Å². The predicted molar refractivity (Wildman–Crippen MR) is 75.5 cm³/mol. The minimum absolute atomic E-state index is 0.426. The van der Waals surface area contributed by atoms with Gasteiger partial charge in [-0.15, -0.1) is 0 Å². The summed E-state index contributed by atoms with van der Waals surface area (Å²) < 4.78 is 31.9. The minimum atomic E-state index is -0.535. The molecular weight excluding hydrogens is 260 g/mol. The molecule has 0 bridgehead atoms. The van der Waals surface area contributed by atoms with Gasteiger partial charge in [0, 0.05) is 24.8 Å². The van der Waals surface area contributed by atoms with E-state index in [0.29, 0.717) is 18.2 Å². The van der Waals surface area contributed by atoms with Crippen LogP contribution in [-0.2, 0) is 11.3 Å². The first kappa shape index (κ1) is 15.4. The molecule has 0 saturated heterocycles. The van der Waals surface area contributed by atoms with Crippen molar-refractivity contribution in [2.75, 3.05) is 13.2 Å². The standard InChI is InChI=1S/C16H23F2NO/c17-14-8-7-13(16(18)11-14)12-19-9-4-10-20-15-5-2-1-3-6-15/h7-8,11,15,19H,1-6,9-10,12H2. The maximum absolute atomic E-state index is 13.4. The van der Waals surface area contributed by atoms with E-state index in [1.807, 2.05) is 0 Å². The van der Waals surface area contributed by atoms with Crippen LogP contribution < -0.4 is 5.32 Å². The van der Waals surface area contributed by atoms with Gasteiger partial charge in [-0.3, -0.25) is 0 Å². The first-order valence-corrected chi connectivity index (χ1v) is 7.52. The van der Waals surface area contributed by atoms with Crippen molar-refractivity contribution in [3.63, 3.8) is 0 Å². The van der Waals surface area contributed by atoms with E-state index in [0.717, 1.165) is 25.6 Å². The van der Waals surface area contributed by atoms with Crippen LogP contribution in [0.1, 0.15) is 44.1 Å². The number of hydrogen-bond acceptors (Lipinski definition) is 2. The molecule has 112 valence electrons. The summed E-state index contributed by atoms with van der Waals surface area (Å²) in [6.07, 6.45) is 7.64. The van der Waals surface area contributed by atoms with Crippen molar-refractivity contribution in [3.05, 3.63) is 35.4 Å². The SMILES string of the molecule is Fc1ccc(CNCCCOC2CCCCC2)c(F)c1. The molecule has 0 aromatic heterocycles. The van der Waals surface area contributed by atoms with E-state index in [-0.39, 0.29) is 0 Å². The van der Waals surface area contributed by atoms with E-state index < -0.39 is 11.6 Å². The second-order valence-corrected chi connectivity index (χ2v) is 5.40. The molecule has 0 unspecified atom stereocenters. The third kappa shape index (κ3) is 5.17. The quantitative estimate of drug-likeness (QED) is 0.769. The maximum Gasteiger partial charge on any atom is 0.130 e. The van der Waals surface area contributed by atoms with Crippen LogP contribution in [0.25, 0.3) is 0 Å². The van der Waals surface area contributed by atoms with Gasteiger partial charge < -0.3 is 10.1 Å². The van der Waals surface area contributed by atoms with Crippen molar-refractivity contribution in [1.29, 1.82) is 0 Å². The third-order valence-corrected chi connectivity index (χ3v) is 3.73. The van der Waals surface area contributed by atoms with Gasteiger partial charge in [-0.2, -0.15) is 0 Å². The Kier molecular flexibility index (Phi) is 6.40. The van der Waals surface area contributed by atoms with Crippen molar-refractivity contribution in [2.45, 2.75) is 51.2 Å². The predicted octanol–water partition coefficient (Wildman–Crippen LogP) is 3.79. The lowest BCUT2D eigenvalue weighted by molar-refractivity contribution is 0.0273. The second-order valence-electron chi connectivity index (χ2n) is 5.40. The van der Waals surface area contributed by atoms with Gasteiger partial charge >= 0.3 is 0 Å². The number of benzene rings is 1. The first-order valence-electron chi connectivity index (χ1n) is 7.52. The number of halogens is 2. The molecule has 2 rings (SSSR count). The molecule has 1 N–H and O–H groups in total. The van der Waals surface area contributed by atoms with Crippen molar-refractivity contribution in [3.8, 4) is 0 Å². The molecule has 0 amide bonds. The summed E-state index contributed by atoms with van der Waals surface area (Å²) in [5, 5.41) is 3.16. The highest BCUT2D eigenvalue weighted by atomic mass is 19.1. The number of nitrogens with one attached hydrogen (secondary N) is 1. The van der Waals surface area contributed by atoms with Gasteiger partial charge in [0.25, 0.3) is 0 Å². The van der Waals surface area contributed by atoms with Gasteiger partial charge in [-0.05, 0) is 31.9 Å². The van der Waals surface area contributed by atoms with Crippen molar-refractivity contribution in [2.24, 2.45) is 0 Å². The summed E-state index contributed by atoms with van der Waals surface area (Å²) in [5.74, 6) is -1.02. The molecule has 20 heavy (non-hydrogen) atoms. The zero-order valence-electron chi connectivity index (χ0n) is 11.8. The Morgan fingerprint density at radius 2 is 1.95 bits per heavy atom. The molecule has 1 aliphatic carbocycles. The summed E-state index contributed by atoms with van der Waals surface area (Å²) in [6, 6.07) is 3.69. The molecule has 1 saturated carbocycles. The normalized spacial score (nSPS) is 16.5. The Hall–Kier alpha value is -1.00. The van der Waals surface area contributed by atoms with Gasteiger partial charge in [0.15, 0.2) is 0 Å². The average molecular weight is 283 g/mol. The molecule has 0 aliphatic heterocycles. The molecule has 0 atom stereocenters. The minimum Gasteiger partial charge on any atom is -0.378 e. The number of rotatable bonds is 7. The largest absolute Gasteiger partial charge is 0.378 e. The van der Waals surface area contributed by atoms with Crippen LogP contribution in [0.5, 0.6) is 0 Å². The fourth-order valence-corrected chi connectivity index (χ4v) is 2.57. The Morgan fingerprint density at radius 3 is 2.70 bits per heavy atom. The summed E-state index contributed by atoms with van der Waals surface area (Å²) >= 11 is 0. The van der Waals surface area contributed by atoms with Gasteiger partial charge in [0.1, 0.15) is 11.6 Å². The summed E-state index contributed by atoms with van der Waals surface area (Å²) in [7, 11) is 0. The molecule has 4 heteroatoms. The third-order valence-electron chi connectivity index (χ3n) is 3.73. The topological polar surface area (TPSA) is 21.3 Å². The molecule has 0 spiro atoms. The Balaban J connectivity index is 1.55. The van der Waals surface area contributed by atoms with Crippen LogP contribution in [-0.4, -0.2) is 19.3 Å². The highest BCUT2D eigenvalue weighted by molar-refractivity contribution is 5.18.